The fourth-order valence-corrected chi connectivity index (χ4v) is 1.72. The molecular formula is C12H21N5O3. The van der Waals surface area contributed by atoms with Gasteiger partial charge in [0.1, 0.15) is 5.69 Å². The third-order valence-corrected chi connectivity index (χ3v) is 2.69. The molecule has 1 N–H and O–H groups in total. The van der Waals surface area contributed by atoms with Crippen LogP contribution in [0.4, 0.5) is 17.5 Å². The lowest BCUT2D eigenvalue weighted by atomic mass is 10.3. The highest BCUT2D eigenvalue weighted by molar-refractivity contribution is 5.62. The van der Waals surface area contributed by atoms with Crippen molar-refractivity contribution in [2.75, 3.05) is 43.6 Å². The third-order valence-electron chi connectivity index (χ3n) is 2.69. The first kappa shape index (κ1) is 16.1. The topological polar surface area (TPSA) is 93.4 Å². The van der Waals surface area contributed by atoms with Crippen LogP contribution in [-0.4, -0.2) is 48.2 Å². The molecule has 0 saturated carbocycles. The van der Waals surface area contributed by atoms with Crippen molar-refractivity contribution in [2.24, 2.45) is 0 Å². The van der Waals surface area contributed by atoms with Crippen LogP contribution in [0.2, 0.25) is 0 Å². The summed E-state index contributed by atoms with van der Waals surface area (Å²) in [5.41, 5.74) is 0.282. The molecule has 0 amide bonds. The van der Waals surface area contributed by atoms with E-state index in [4.69, 9.17) is 4.74 Å². The number of hydrogen-bond acceptors (Lipinski definition) is 7. The second kappa shape index (κ2) is 7.59. The minimum Gasteiger partial charge on any atom is -0.380 e. The molecule has 0 fully saturated rings. The van der Waals surface area contributed by atoms with Crippen LogP contribution >= 0.6 is 0 Å². The number of nitrogens with one attached hydrogen (secondary N) is 1. The van der Waals surface area contributed by atoms with Crippen LogP contribution < -0.4 is 10.2 Å². The molecule has 0 spiro atoms. The van der Waals surface area contributed by atoms with Gasteiger partial charge in [0.05, 0.1) is 11.5 Å². The number of nitrogens with zero attached hydrogens (tertiary/aromatic N) is 4. The Morgan fingerprint density at radius 2 is 2.10 bits per heavy atom. The van der Waals surface area contributed by atoms with Crippen LogP contribution in [0.25, 0.3) is 0 Å². The molecule has 8 nitrogen and oxygen atoms in total. The van der Waals surface area contributed by atoms with Gasteiger partial charge in [0.2, 0.25) is 11.8 Å². The van der Waals surface area contributed by atoms with Gasteiger partial charge in [0.25, 0.3) is 0 Å². The molecule has 0 aromatic carbocycles. The molecule has 1 rings (SSSR count). The smallest absolute Gasteiger partial charge is 0.332 e. The first-order valence-electron chi connectivity index (χ1n) is 6.57. The molecule has 1 aromatic rings. The Kier molecular flexibility index (Phi) is 6.10. The molecule has 0 bridgehead atoms. The van der Waals surface area contributed by atoms with E-state index >= 15 is 0 Å². The monoisotopic (exact) mass is 283 g/mol. The van der Waals surface area contributed by atoms with Crippen molar-refractivity contribution in [1.82, 2.24) is 9.97 Å². The largest absolute Gasteiger partial charge is 0.380 e. The summed E-state index contributed by atoms with van der Waals surface area (Å²) in [7, 11) is 1.75. The van der Waals surface area contributed by atoms with Gasteiger partial charge in [-0.2, -0.15) is 4.98 Å². The quantitative estimate of drug-likeness (QED) is 0.440. The predicted molar refractivity (Wildman–Crippen MR) is 77.4 cm³/mol. The summed E-state index contributed by atoms with van der Waals surface area (Å²) in [5, 5.41) is 14.2. The maximum absolute atomic E-state index is 11.2. The van der Waals surface area contributed by atoms with Crippen molar-refractivity contribution >= 4 is 17.5 Å². The third kappa shape index (κ3) is 4.02. The summed E-state index contributed by atoms with van der Waals surface area (Å²) in [4.78, 5) is 20.8. The van der Waals surface area contributed by atoms with Gasteiger partial charge in [-0.1, -0.05) is 0 Å². The summed E-state index contributed by atoms with van der Waals surface area (Å²) < 4.78 is 5.26. The predicted octanol–water partition coefficient (Wildman–Crippen LogP) is 1.60. The Hall–Kier alpha value is -1.96. The summed E-state index contributed by atoms with van der Waals surface area (Å²) in [6.45, 7) is 7.71. The van der Waals surface area contributed by atoms with Gasteiger partial charge in [-0.25, -0.2) is 4.98 Å². The maximum Gasteiger partial charge on any atom is 0.332 e. The molecule has 0 saturated heterocycles. The number of aromatic nitrogens is 2. The lowest BCUT2D eigenvalue weighted by Crippen LogP contribution is -2.25. The number of ether oxygens (including phenoxy) is 1. The van der Waals surface area contributed by atoms with Crippen molar-refractivity contribution in [3.05, 3.63) is 15.8 Å². The fraction of sp³-hybridized carbons (Fsp3) is 0.667. The highest BCUT2D eigenvalue weighted by atomic mass is 16.6. The minimum absolute atomic E-state index is 0.0642. The molecule has 0 aliphatic heterocycles. The van der Waals surface area contributed by atoms with Crippen LogP contribution in [0.5, 0.6) is 0 Å². The Morgan fingerprint density at radius 3 is 2.65 bits per heavy atom. The number of likely N-dealkylation sites (N-methyl/N-ethyl adjacent to an activating group) is 1. The molecule has 0 atom stereocenters. The number of rotatable bonds is 8. The normalized spacial score (nSPS) is 10.4. The van der Waals surface area contributed by atoms with Crippen LogP contribution in [0.15, 0.2) is 0 Å². The van der Waals surface area contributed by atoms with E-state index in [9.17, 15) is 10.1 Å². The minimum atomic E-state index is -0.447. The molecule has 0 radical (unpaired) electrons. The van der Waals surface area contributed by atoms with Gasteiger partial charge in [-0.15, -0.1) is 0 Å². The van der Waals surface area contributed by atoms with Gasteiger partial charge in [0, 0.05) is 26.7 Å². The van der Waals surface area contributed by atoms with Crippen molar-refractivity contribution in [1.29, 1.82) is 0 Å². The van der Waals surface area contributed by atoms with E-state index in [0.717, 1.165) is 0 Å². The lowest BCUT2D eigenvalue weighted by molar-refractivity contribution is -0.385. The van der Waals surface area contributed by atoms with Crippen molar-refractivity contribution < 1.29 is 9.66 Å². The highest BCUT2D eigenvalue weighted by Crippen LogP contribution is 2.28. The van der Waals surface area contributed by atoms with E-state index < -0.39 is 4.92 Å². The van der Waals surface area contributed by atoms with Crippen LogP contribution in [0, 0.1) is 17.0 Å². The average Bonchev–Trinajstić information content (AvgIpc) is 2.38. The molecule has 1 heterocycles. The first-order valence-corrected chi connectivity index (χ1v) is 6.57. The Morgan fingerprint density at radius 1 is 1.40 bits per heavy atom. The summed E-state index contributed by atoms with van der Waals surface area (Å²) in [5.74, 6) is 0.701. The van der Waals surface area contributed by atoms with E-state index in [2.05, 4.69) is 15.3 Å². The van der Waals surface area contributed by atoms with E-state index in [0.29, 0.717) is 43.8 Å². The zero-order valence-corrected chi connectivity index (χ0v) is 12.3. The zero-order valence-electron chi connectivity index (χ0n) is 12.3. The van der Waals surface area contributed by atoms with Gasteiger partial charge in [-0.05, 0) is 20.8 Å². The Bertz CT molecular complexity index is 467. The van der Waals surface area contributed by atoms with E-state index in [1.165, 1.54) is 0 Å². The molecule has 0 aliphatic rings. The van der Waals surface area contributed by atoms with Crippen molar-refractivity contribution in [3.63, 3.8) is 0 Å². The molecule has 1 aromatic heterocycles. The van der Waals surface area contributed by atoms with E-state index in [1.54, 1.807) is 18.9 Å². The standard InChI is InChI=1S/C12H21N5O3/c1-5-13-12-14-9(3)10(17(18)19)11(15-12)16(4)7-8-20-6-2/h5-8H2,1-4H3,(H,13,14,15). The number of anilines is 2. The highest BCUT2D eigenvalue weighted by Gasteiger charge is 2.24. The van der Waals surface area contributed by atoms with Crippen LogP contribution in [0.3, 0.4) is 0 Å². The van der Waals surface area contributed by atoms with E-state index in [1.807, 2.05) is 13.8 Å². The van der Waals surface area contributed by atoms with Gasteiger partial charge in [-0.3, -0.25) is 10.1 Å². The second-order valence-electron chi connectivity index (χ2n) is 4.21. The zero-order chi connectivity index (χ0) is 15.1. The average molecular weight is 283 g/mol. The molecule has 0 unspecified atom stereocenters. The first-order chi connectivity index (χ1) is 9.51. The number of aryl methyl sites for hydroxylation is 1. The SMILES string of the molecule is CCNc1nc(C)c([N+](=O)[O-])c(N(C)CCOCC)n1. The van der Waals surface area contributed by atoms with Crippen LogP contribution in [0.1, 0.15) is 19.5 Å². The molecule has 20 heavy (non-hydrogen) atoms. The summed E-state index contributed by atoms with van der Waals surface area (Å²) in [6, 6.07) is 0. The van der Waals surface area contributed by atoms with Crippen molar-refractivity contribution in [2.45, 2.75) is 20.8 Å². The van der Waals surface area contributed by atoms with Gasteiger partial charge >= 0.3 is 5.69 Å². The molecule has 8 heteroatoms. The fourth-order valence-electron chi connectivity index (χ4n) is 1.72. The molecule has 112 valence electrons. The maximum atomic E-state index is 11.2. The summed E-state index contributed by atoms with van der Waals surface area (Å²) >= 11 is 0. The molecule has 0 aliphatic carbocycles. The van der Waals surface area contributed by atoms with Gasteiger partial charge in [0.15, 0.2) is 0 Å². The van der Waals surface area contributed by atoms with Gasteiger partial charge < -0.3 is 15.0 Å². The second-order valence-corrected chi connectivity index (χ2v) is 4.21. The Labute approximate surface area is 118 Å². The Balaban J connectivity index is 3.08. The van der Waals surface area contributed by atoms with Crippen LogP contribution in [-0.2, 0) is 4.74 Å². The summed E-state index contributed by atoms with van der Waals surface area (Å²) in [6.07, 6.45) is 0. The van der Waals surface area contributed by atoms with E-state index in [-0.39, 0.29) is 5.69 Å². The van der Waals surface area contributed by atoms with Crippen molar-refractivity contribution in [3.8, 4) is 0 Å². The number of nitro groups is 1. The lowest BCUT2D eigenvalue weighted by Gasteiger charge is -2.19. The number of hydrogen-bond donors (Lipinski definition) is 1. The molecular weight excluding hydrogens is 262 g/mol.